The Balaban J connectivity index is 1.33. The van der Waals surface area contributed by atoms with Crippen molar-refractivity contribution >= 4 is 5.91 Å². The highest BCUT2D eigenvalue weighted by Gasteiger charge is 2.15. The van der Waals surface area contributed by atoms with Crippen LogP contribution in [0.4, 0.5) is 0 Å². The number of methoxy groups -OCH3 is 1. The van der Waals surface area contributed by atoms with Gasteiger partial charge in [-0.3, -0.25) is 4.79 Å². The van der Waals surface area contributed by atoms with Gasteiger partial charge in [0.2, 0.25) is 17.6 Å². The van der Waals surface area contributed by atoms with Crippen molar-refractivity contribution in [2.75, 3.05) is 13.7 Å². The lowest BCUT2D eigenvalue weighted by Crippen LogP contribution is -2.32. The molecule has 0 saturated carbocycles. The smallest absolute Gasteiger partial charge is 0.226 e. The average Bonchev–Trinajstić information content (AvgIpc) is 3.36. The number of hydrogen-bond donors (Lipinski definition) is 0. The quantitative estimate of drug-likeness (QED) is 0.305. The topological polar surface area (TPSA) is 68.5 Å². The van der Waals surface area contributed by atoms with Gasteiger partial charge in [0.15, 0.2) is 0 Å². The van der Waals surface area contributed by atoms with Crippen LogP contribution in [0.3, 0.4) is 0 Å². The Labute approximate surface area is 200 Å². The van der Waals surface area contributed by atoms with Gasteiger partial charge in [-0.15, -0.1) is 0 Å². The lowest BCUT2D eigenvalue weighted by molar-refractivity contribution is -0.131. The first-order valence-corrected chi connectivity index (χ1v) is 11.5. The summed E-state index contributed by atoms with van der Waals surface area (Å²) in [6.45, 7) is 1.29. The van der Waals surface area contributed by atoms with E-state index in [1.165, 1.54) is 5.56 Å². The second kappa shape index (κ2) is 11.8. The molecule has 6 heteroatoms. The molecule has 0 aliphatic carbocycles. The van der Waals surface area contributed by atoms with Crippen molar-refractivity contribution in [3.8, 4) is 17.1 Å². The number of ether oxygens (including phenoxy) is 1. The van der Waals surface area contributed by atoms with Crippen molar-refractivity contribution in [3.63, 3.8) is 0 Å². The van der Waals surface area contributed by atoms with E-state index in [4.69, 9.17) is 9.26 Å². The van der Waals surface area contributed by atoms with Crippen LogP contribution in [0.5, 0.6) is 5.75 Å². The highest BCUT2D eigenvalue weighted by molar-refractivity contribution is 5.76. The number of hydrogen-bond acceptors (Lipinski definition) is 5. The van der Waals surface area contributed by atoms with Crippen LogP contribution in [0.15, 0.2) is 89.5 Å². The summed E-state index contributed by atoms with van der Waals surface area (Å²) in [5.41, 5.74) is 3.22. The Hall–Kier alpha value is -3.93. The Morgan fingerprint density at radius 1 is 0.882 bits per heavy atom. The Morgan fingerprint density at radius 3 is 2.24 bits per heavy atom. The van der Waals surface area contributed by atoms with Crippen molar-refractivity contribution in [1.82, 2.24) is 15.0 Å². The Morgan fingerprint density at radius 2 is 1.56 bits per heavy atom. The third kappa shape index (κ3) is 6.54. The van der Waals surface area contributed by atoms with Gasteiger partial charge in [-0.25, -0.2) is 0 Å². The minimum atomic E-state index is 0.134. The molecule has 4 aromatic rings. The lowest BCUT2D eigenvalue weighted by Gasteiger charge is -2.23. The van der Waals surface area contributed by atoms with Gasteiger partial charge >= 0.3 is 0 Å². The second-order valence-electron chi connectivity index (χ2n) is 8.13. The second-order valence-corrected chi connectivity index (χ2v) is 8.13. The zero-order chi connectivity index (χ0) is 23.6. The maximum atomic E-state index is 13.1. The van der Waals surface area contributed by atoms with Crippen LogP contribution in [0.2, 0.25) is 0 Å². The summed E-state index contributed by atoms with van der Waals surface area (Å²) in [4.78, 5) is 19.5. The molecule has 0 radical (unpaired) electrons. The molecule has 0 spiro atoms. The van der Waals surface area contributed by atoms with E-state index in [1.54, 1.807) is 7.11 Å². The fourth-order valence-electron chi connectivity index (χ4n) is 3.77. The van der Waals surface area contributed by atoms with Gasteiger partial charge in [0.1, 0.15) is 5.75 Å². The van der Waals surface area contributed by atoms with E-state index < -0.39 is 0 Å². The molecular formula is C28H29N3O3. The van der Waals surface area contributed by atoms with Crippen LogP contribution < -0.4 is 4.74 Å². The molecule has 3 aromatic carbocycles. The first-order valence-electron chi connectivity index (χ1n) is 11.5. The summed E-state index contributed by atoms with van der Waals surface area (Å²) in [6.07, 6.45) is 2.47. The van der Waals surface area contributed by atoms with Crippen molar-refractivity contribution < 1.29 is 14.1 Å². The SMILES string of the molecule is COc1ccc(-c2noc(CCCC(=O)N(CCc3ccccc3)Cc3ccccc3)n2)cc1. The third-order valence-corrected chi connectivity index (χ3v) is 5.68. The van der Waals surface area contributed by atoms with Crippen LogP contribution in [-0.2, 0) is 24.2 Å². The van der Waals surface area contributed by atoms with E-state index in [1.807, 2.05) is 65.6 Å². The van der Waals surface area contributed by atoms with E-state index in [2.05, 4.69) is 34.4 Å². The number of carbonyl (C=O) groups is 1. The van der Waals surface area contributed by atoms with Gasteiger partial charge in [0.05, 0.1) is 7.11 Å². The Bertz CT molecular complexity index is 1160. The van der Waals surface area contributed by atoms with Gasteiger partial charge in [-0.1, -0.05) is 65.8 Å². The first-order chi connectivity index (χ1) is 16.7. The minimum absolute atomic E-state index is 0.134. The van der Waals surface area contributed by atoms with E-state index in [-0.39, 0.29) is 5.91 Å². The number of nitrogens with zero attached hydrogens (tertiary/aromatic N) is 3. The molecule has 174 valence electrons. The highest BCUT2D eigenvalue weighted by Crippen LogP contribution is 2.20. The molecule has 0 saturated heterocycles. The largest absolute Gasteiger partial charge is 0.497 e. The minimum Gasteiger partial charge on any atom is -0.497 e. The van der Waals surface area contributed by atoms with Crippen LogP contribution in [0.25, 0.3) is 11.4 Å². The summed E-state index contributed by atoms with van der Waals surface area (Å²) < 4.78 is 10.6. The van der Waals surface area contributed by atoms with E-state index in [0.29, 0.717) is 44.1 Å². The molecule has 0 atom stereocenters. The normalized spacial score (nSPS) is 10.7. The third-order valence-electron chi connectivity index (χ3n) is 5.68. The predicted molar refractivity (Wildman–Crippen MR) is 131 cm³/mol. The molecule has 0 unspecified atom stereocenters. The zero-order valence-corrected chi connectivity index (χ0v) is 19.4. The molecule has 1 aromatic heterocycles. The van der Waals surface area contributed by atoms with E-state index in [0.717, 1.165) is 23.3 Å². The number of carbonyl (C=O) groups excluding carboxylic acids is 1. The predicted octanol–water partition coefficient (Wildman–Crippen LogP) is 5.34. The molecule has 1 amide bonds. The van der Waals surface area contributed by atoms with Gasteiger partial charge in [-0.2, -0.15) is 4.98 Å². The summed E-state index contributed by atoms with van der Waals surface area (Å²) >= 11 is 0. The Kier molecular flexibility index (Phi) is 8.06. The van der Waals surface area contributed by atoms with Crippen molar-refractivity contribution in [1.29, 1.82) is 0 Å². The fourth-order valence-corrected chi connectivity index (χ4v) is 3.77. The number of aromatic nitrogens is 2. The molecule has 4 rings (SSSR count). The average molecular weight is 456 g/mol. The molecule has 34 heavy (non-hydrogen) atoms. The van der Waals surface area contributed by atoms with Crippen LogP contribution >= 0.6 is 0 Å². The number of benzene rings is 3. The number of aryl methyl sites for hydroxylation is 1. The van der Waals surface area contributed by atoms with E-state index >= 15 is 0 Å². The summed E-state index contributed by atoms with van der Waals surface area (Å²) in [5.74, 6) is 1.99. The number of rotatable bonds is 11. The van der Waals surface area contributed by atoms with Gasteiger partial charge in [0, 0.05) is 31.5 Å². The summed E-state index contributed by atoms with van der Waals surface area (Å²) in [6, 6.07) is 27.9. The van der Waals surface area contributed by atoms with Crippen molar-refractivity contribution in [3.05, 3.63) is 102 Å². The molecule has 0 aliphatic heterocycles. The van der Waals surface area contributed by atoms with Crippen LogP contribution in [0, 0.1) is 0 Å². The molecule has 0 aliphatic rings. The molecule has 0 bridgehead atoms. The highest BCUT2D eigenvalue weighted by atomic mass is 16.5. The molecule has 1 heterocycles. The van der Waals surface area contributed by atoms with Crippen LogP contribution in [-0.4, -0.2) is 34.6 Å². The standard InChI is InChI=1S/C28H29N3O3/c1-33-25-17-15-24(16-18-25)28-29-26(34-30-28)13-8-14-27(32)31(21-23-11-6-3-7-12-23)20-19-22-9-4-2-5-10-22/h2-7,9-12,15-18H,8,13-14,19-21H2,1H3. The van der Waals surface area contributed by atoms with Crippen LogP contribution in [0.1, 0.15) is 29.9 Å². The zero-order valence-electron chi connectivity index (χ0n) is 19.4. The van der Waals surface area contributed by atoms with Gasteiger partial charge in [0.25, 0.3) is 0 Å². The molecular weight excluding hydrogens is 426 g/mol. The van der Waals surface area contributed by atoms with Crippen molar-refractivity contribution in [2.24, 2.45) is 0 Å². The summed E-state index contributed by atoms with van der Waals surface area (Å²) in [5, 5.41) is 4.07. The van der Waals surface area contributed by atoms with E-state index in [9.17, 15) is 4.79 Å². The number of amides is 1. The fraction of sp³-hybridized carbons (Fsp3) is 0.250. The van der Waals surface area contributed by atoms with Crippen molar-refractivity contribution in [2.45, 2.75) is 32.2 Å². The maximum Gasteiger partial charge on any atom is 0.226 e. The molecule has 6 nitrogen and oxygen atoms in total. The first kappa shape index (κ1) is 23.2. The monoisotopic (exact) mass is 455 g/mol. The lowest BCUT2D eigenvalue weighted by atomic mass is 10.1. The maximum absolute atomic E-state index is 13.1. The molecule has 0 N–H and O–H groups in total. The van der Waals surface area contributed by atoms with Gasteiger partial charge < -0.3 is 14.2 Å². The molecule has 0 fully saturated rings. The van der Waals surface area contributed by atoms with Gasteiger partial charge in [-0.05, 0) is 48.2 Å². The summed E-state index contributed by atoms with van der Waals surface area (Å²) in [7, 11) is 1.63.